The van der Waals surface area contributed by atoms with E-state index in [-0.39, 0.29) is 5.75 Å². The predicted octanol–water partition coefficient (Wildman–Crippen LogP) is 3.58. The van der Waals surface area contributed by atoms with Crippen molar-refractivity contribution >= 4 is 21.9 Å². The highest BCUT2D eigenvalue weighted by Gasteiger charge is 2.05. The molecule has 0 fully saturated rings. The highest BCUT2D eigenvalue weighted by molar-refractivity contribution is 7.85. The molecule has 0 saturated heterocycles. The van der Waals surface area contributed by atoms with E-state index in [1.54, 1.807) is 0 Å². The van der Waals surface area contributed by atoms with E-state index in [1.165, 1.54) is 5.57 Å². The monoisotopic (exact) mass is 376 g/mol. The number of hydrogen-bond donors (Lipinski definition) is 1. The Hall–Kier alpha value is -2.05. The average molecular weight is 377 g/mol. The quantitative estimate of drug-likeness (QED) is 0.527. The molecule has 0 aromatic heterocycles. The van der Waals surface area contributed by atoms with Crippen molar-refractivity contribution in [2.24, 2.45) is 0 Å². The van der Waals surface area contributed by atoms with Crippen LogP contribution >= 0.6 is 0 Å². The Labute approximate surface area is 157 Å². The normalized spacial score (nSPS) is 14.7. The summed E-state index contributed by atoms with van der Waals surface area (Å²) in [4.78, 5) is 4.33. The van der Waals surface area contributed by atoms with Crippen LogP contribution in [0.3, 0.4) is 0 Å². The van der Waals surface area contributed by atoms with Crippen molar-refractivity contribution in [2.75, 3.05) is 37.3 Å². The van der Waals surface area contributed by atoms with Crippen LogP contribution in [0.4, 0.5) is 5.69 Å². The summed E-state index contributed by atoms with van der Waals surface area (Å²) in [5, 5.41) is 0. The Morgan fingerprint density at radius 3 is 2.50 bits per heavy atom. The zero-order valence-corrected chi connectivity index (χ0v) is 16.3. The lowest BCUT2D eigenvalue weighted by atomic mass is 10.1. The zero-order chi connectivity index (χ0) is 19.0. The molecule has 1 aromatic rings. The van der Waals surface area contributed by atoms with Crippen molar-refractivity contribution in [1.82, 2.24) is 4.90 Å². The molecule has 0 amide bonds. The van der Waals surface area contributed by atoms with E-state index in [4.69, 9.17) is 4.55 Å². The molecule has 0 bridgehead atoms. The van der Waals surface area contributed by atoms with E-state index in [0.717, 1.165) is 30.9 Å². The lowest BCUT2D eigenvalue weighted by Gasteiger charge is -2.19. The van der Waals surface area contributed by atoms with Gasteiger partial charge < -0.3 is 9.80 Å². The number of benzene rings is 1. The van der Waals surface area contributed by atoms with E-state index in [0.29, 0.717) is 12.8 Å². The van der Waals surface area contributed by atoms with Gasteiger partial charge in [0, 0.05) is 32.4 Å². The molecule has 1 N–H and O–H groups in total. The van der Waals surface area contributed by atoms with E-state index in [9.17, 15) is 8.42 Å². The van der Waals surface area contributed by atoms with Gasteiger partial charge in [-0.25, -0.2) is 0 Å². The van der Waals surface area contributed by atoms with Crippen LogP contribution in [0.2, 0.25) is 0 Å². The van der Waals surface area contributed by atoms with Crippen molar-refractivity contribution < 1.29 is 13.0 Å². The first-order valence-corrected chi connectivity index (χ1v) is 10.5. The SMILES string of the molecule is CCN1C=CC(C=Cc2ccc(N(C)CCCCS(=O)(=O)O)cc2)=CC1. The second-order valence-electron chi connectivity index (χ2n) is 6.45. The van der Waals surface area contributed by atoms with Gasteiger partial charge in [0.25, 0.3) is 10.1 Å². The molecule has 5 nitrogen and oxygen atoms in total. The maximum atomic E-state index is 10.7. The van der Waals surface area contributed by atoms with Gasteiger partial charge in [0.1, 0.15) is 0 Å². The minimum atomic E-state index is -3.85. The van der Waals surface area contributed by atoms with Gasteiger partial charge in [0.05, 0.1) is 5.75 Å². The van der Waals surface area contributed by atoms with E-state index >= 15 is 0 Å². The molecule has 1 aliphatic heterocycles. The lowest BCUT2D eigenvalue weighted by molar-refractivity contribution is 0.434. The molecule has 6 heteroatoms. The summed E-state index contributed by atoms with van der Waals surface area (Å²) < 4.78 is 30.2. The molecule has 1 heterocycles. The number of likely N-dealkylation sites (N-methyl/N-ethyl adjacent to an activating group) is 1. The molecule has 0 spiro atoms. The molecule has 1 aliphatic rings. The summed E-state index contributed by atoms with van der Waals surface area (Å²) in [7, 11) is -1.87. The summed E-state index contributed by atoms with van der Waals surface area (Å²) in [6, 6.07) is 8.27. The first-order chi connectivity index (χ1) is 12.4. The van der Waals surface area contributed by atoms with Crippen LogP contribution in [0.1, 0.15) is 25.3 Å². The van der Waals surface area contributed by atoms with Gasteiger partial charge in [-0.15, -0.1) is 0 Å². The Balaban J connectivity index is 1.83. The van der Waals surface area contributed by atoms with Crippen LogP contribution < -0.4 is 4.90 Å². The number of hydrogen-bond acceptors (Lipinski definition) is 4. The second kappa shape index (κ2) is 9.59. The van der Waals surface area contributed by atoms with E-state index in [2.05, 4.69) is 71.5 Å². The average Bonchev–Trinajstić information content (AvgIpc) is 2.63. The van der Waals surface area contributed by atoms with Gasteiger partial charge in [0.15, 0.2) is 0 Å². The van der Waals surface area contributed by atoms with Gasteiger partial charge in [-0.05, 0) is 55.3 Å². The fraction of sp³-hybridized carbons (Fsp3) is 0.400. The van der Waals surface area contributed by atoms with Crippen LogP contribution in [0.15, 0.2) is 54.3 Å². The summed E-state index contributed by atoms with van der Waals surface area (Å²) in [5.41, 5.74) is 3.44. The highest BCUT2D eigenvalue weighted by atomic mass is 32.2. The molecule has 142 valence electrons. The maximum Gasteiger partial charge on any atom is 0.264 e. The fourth-order valence-corrected chi connectivity index (χ4v) is 3.26. The van der Waals surface area contributed by atoms with Crippen LogP contribution in [0.5, 0.6) is 0 Å². The molecule has 26 heavy (non-hydrogen) atoms. The molecule has 0 radical (unpaired) electrons. The highest BCUT2D eigenvalue weighted by Crippen LogP contribution is 2.17. The third kappa shape index (κ3) is 7.06. The summed E-state index contributed by atoms with van der Waals surface area (Å²) >= 11 is 0. The minimum absolute atomic E-state index is 0.176. The third-order valence-corrected chi connectivity index (χ3v) is 5.20. The maximum absolute atomic E-state index is 10.7. The van der Waals surface area contributed by atoms with E-state index in [1.807, 2.05) is 7.05 Å². The Bertz CT molecular complexity index is 765. The lowest BCUT2D eigenvalue weighted by Crippen LogP contribution is -2.19. The summed E-state index contributed by atoms with van der Waals surface area (Å²) in [6.07, 6.45) is 11.9. The first-order valence-electron chi connectivity index (χ1n) is 8.94. The van der Waals surface area contributed by atoms with Crippen molar-refractivity contribution in [2.45, 2.75) is 19.8 Å². The van der Waals surface area contributed by atoms with Gasteiger partial charge in [-0.2, -0.15) is 8.42 Å². The topological polar surface area (TPSA) is 60.9 Å². The largest absolute Gasteiger partial charge is 0.375 e. The molecular weight excluding hydrogens is 348 g/mol. The summed E-state index contributed by atoms with van der Waals surface area (Å²) in [6.45, 7) is 4.87. The second-order valence-corrected chi connectivity index (χ2v) is 8.02. The van der Waals surface area contributed by atoms with E-state index < -0.39 is 10.1 Å². The van der Waals surface area contributed by atoms with Crippen molar-refractivity contribution in [3.63, 3.8) is 0 Å². The number of anilines is 1. The third-order valence-electron chi connectivity index (χ3n) is 4.39. The van der Waals surface area contributed by atoms with Crippen LogP contribution in [0, 0.1) is 0 Å². The number of allylic oxidation sites excluding steroid dienone is 3. The molecule has 0 atom stereocenters. The standard InChI is InChI=1S/C20H28N2O3S/c1-3-22-15-12-19(13-16-22)7-6-18-8-10-20(11-9-18)21(2)14-4-5-17-26(23,24)25/h6-13,15H,3-5,14,16-17H2,1-2H3,(H,23,24,25). The summed E-state index contributed by atoms with van der Waals surface area (Å²) in [5.74, 6) is -0.176. The number of nitrogens with zero attached hydrogens (tertiary/aromatic N) is 2. The first kappa shape index (κ1) is 20.3. The fourth-order valence-electron chi connectivity index (χ4n) is 2.70. The predicted molar refractivity (Wildman–Crippen MR) is 109 cm³/mol. The number of unbranched alkanes of at least 4 members (excludes halogenated alkanes) is 1. The Morgan fingerprint density at radius 2 is 1.92 bits per heavy atom. The van der Waals surface area contributed by atoms with Gasteiger partial charge in [-0.3, -0.25) is 4.55 Å². The minimum Gasteiger partial charge on any atom is -0.375 e. The van der Waals surface area contributed by atoms with Crippen molar-refractivity contribution in [1.29, 1.82) is 0 Å². The molecule has 2 rings (SSSR count). The molecule has 0 unspecified atom stereocenters. The van der Waals surface area contributed by atoms with Crippen molar-refractivity contribution in [3.05, 3.63) is 59.8 Å². The van der Waals surface area contributed by atoms with Crippen LogP contribution in [0.25, 0.3) is 6.08 Å². The van der Waals surface area contributed by atoms with Gasteiger partial charge >= 0.3 is 0 Å². The Morgan fingerprint density at radius 1 is 1.19 bits per heavy atom. The molecule has 1 aromatic carbocycles. The van der Waals surface area contributed by atoms with Crippen molar-refractivity contribution in [3.8, 4) is 0 Å². The molecule has 0 aliphatic carbocycles. The zero-order valence-electron chi connectivity index (χ0n) is 15.5. The smallest absolute Gasteiger partial charge is 0.264 e. The van der Waals surface area contributed by atoms with Crippen LogP contribution in [-0.4, -0.2) is 50.3 Å². The van der Waals surface area contributed by atoms with Gasteiger partial charge in [0.2, 0.25) is 0 Å². The number of rotatable bonds is 9. The molecule has 0 saturated carbocycles. The Kier molecular flexibility index (Phi) is 7.48. The van der Waals surface area contributed by atoms with Crippen LogP contribution in [-0.2, 0) is 10.1 Å². The van der Waals surface area contributed by atoms with Gasteiger partial charge in [-0.1, -0.05) is 30.4 Å². The molecular formula is C20H28N2O3S.